The van der Waals surface area contributed by atoms with E-state index in [1.807, 2.05) is 0 Å². The Kier molecular flexibility index (Phi) is 29.8. The number of ketones is 2. The van der Waals surface area contributed by atoms with Crippen LogP contribution in [0.4, 0.5) is 0 Å². The van der Waals surface area contributed by atoms with E-state index in [1.165, 1.54) is 116 Å². The molecule has 0 rings (SSSR count). The van der Waals surface area contributed by atoms with E-state index in [4.69, 9.17) is 0 Å². The van der Waals surface area contributed by atoms with Crippen LogP contribution >= 0.6 is 0 Å². The molecule has 0 amide bonds. The van der Waals surface area contributed by atoms with Crippen LogP contribution in [0, 0.1) is 0 Å². The van der Waals surface area contributed by atoms with Crippen molar-refractivity contribution in [1.29, 1.82) is 0 Å². The molecule has 2 nitrogen and oxygen atoms in total. The Hall–Kier alpha value is -0.660. The fraction of sp³-hybridized carbons (Fsp3) is 0.929. The van der Waals surface area contributed by atoms with Crippen molar-refractivity contribution < 1.29 is 9.59 Å². The molecular formula is C28H56O2. The van der Waals surface area contributed by atoms with E-state index in [0.29, 0.717) is 11.6 Å². The van der Waals surface area contributed by atoms with E-state index in [2.05, 4.69) is 13.8 Å². The third kappa shape index (κ3) is 34.8. The molecule has 30 heavy (non-hydrogen) atoms. The molecule has 0 unspecified atom stereocenters. The van der Waals surface area contributed by atoms with Gasteiger partial charge in [0, 0.05) is 12.8 Å². The molecule has 0 bridgehead atoms. The molecule has 0 fully saturated rings. The van der Waals surface area contributed by atoms with Crippen molar-refractivity contribution in [2.45, 2.75) is 169 Å². The van der Waals surface area contributed by atoms with Crippen LogP contribution in [-0.2, 0) is 9.59 Å². The summed E-state index contributed by atoms with van der Waals surface area (Å²) < 4.78 is 0. The summed E-state index contributed by atoms with van der Waals surface area (Å²) >= 11 is 0. The van der Waals surface area contributed by atoms with Gasteiger partial charge in [-0.3, -0.25) is 0 Å². The molecule has 0 aliphatic carbocycles. The van der Waals surface area contributed by atoms with E-state index in [1.54, 1.807) is 13.8 Å². The lowest BCUT2D eigenvalue weighted by molar-refractivity contribution is -0.117. The predicted molar refractivity (Wildman–Crippen MR) is 134 cm³/mol. The van der Waals surface area contributed by atoms with Crippen molar-refractivity contribution in [3.8, 4) is 0 Å². The van der Waals surface area contributed by atoms with E-state index >= 15 is 0 Å². The maximum Gasteiger partial charge on any atom is 0.129 e. The van der Waals surface area contributed by atoms with E-state index in [9.17, 15) is 9.59 Å². The largest absolute Gasteiger partial charge is 0.300 e. The Balaban J connectivity index is 0. The highest BCUT2D eigenvalue weighted by Gasteiger charge is 1.95. The number of rotatable bonds is 22. The molecule has 0 aliphatic heterocycles. The van der Waals surface area contributed by atoms with E-state index in [0.717, 1.165) is 25.7 Å². The van der Waals surface area contributed by atoms with Crippen molar-refractivity contribution in [3.05, 3.63) is 0 Å². The maximum absolute atomic E-state index is 10.7. The lowest BCUT2D eigenvalue weighted by atomic mass is 10.1. The molecule has 0 radical (unpaired) electrons. The molecule has 0 aromatic heterocycles. The van der Waals surface area contributed by atoms with Crippen molar-refractivity contribution in [1.82, 2.24) is 0 Å². The summed E-state index contributed by atoms with van der Waals surface area (Å²) in [6, 6.07) is 0. The normalized spacial score (nSPS) is 10.5. The van der Waals surface area contributed by atoms with Crippen molar-refractivity contribution in [3.63, 3.8) is 0 Å². The average Bonchev–Trinajstić information content (AvgIpc) is 2.71. The lowest BCUT2D eigenvalue weighted by Crippen LogP contribution is -1.89. The molecule has 0 aromatic rings. The summed E-state index contributed by atoms with van der Waals surface area (Å²) in [5, 5.41) is 0. The van der Waals surface area contributed by atoms with Crippen molar-refractivity contribution in [2.24, 2.45) is 0 Å². The number of carbonyl (C=O) groups is 2. The first-order valence-electron chi connectivity index (χ1n) is 13.5. The zero-order valence-electron chi connectivity index (χ0n) is 21.4. The summed E-state index contributed by atoms with van der Waals surface area (Å²) in [7, 11) is 0. The quantitative estimate of drug-likeness (QED) is 0.162. The van der Waals surface area contributed by atoms with Gasteiger partial charge in [-0.15, -0.1) is 0 Å². The van der Waals surface area contributed by atoms with Crippen LogP contribution in [0.3, 0.4) is 0 Å². The first-order valence-corrected chi connectivity index (χ1v) is 13.5. The van der Waals surface area contributed by atoms with Crippen LogP contribution in [0.2, 0.25) is 0 Å². The van der Waals surface area contributed by atoms with Gasteiger partial charge in [0.25, 0.3) is 0 Å². The molecule has 2 heteroatoms. The van der Waals surface area contributed by atoms with Crippen molar-refractivity contribution in [2.75, 3.05) is 0 Å². The molecule has 0 saturated carbocycles. The van der Waals surface area contributed by atoms with Crippen LogP contribution in [0.5, 0.6) is 0 Å². The zero-order valence-corrected chi connectivity index (χ0v) is 21.4. The minimum absolute atomic E-state index is 0.342. The molecule has 0 aromatic carbocycles. The molecule has 0 N–H and O–H groups in total. The van der Waals surface area contributed by atoms with E-state index < -0.39 is 0 Å². The summed E-state index contributed by atoms with van der Waals surface area (Å²) in [5.41, 5.74) is 0. The second-order valence-corrected chi connectivity index (χ2v) is 9.27. The monoisotopic (exact) mass is 424 g/mol. The topological polar surface area (TPSA) is 34.1 Å². The smallest absolute Gasteiger partial charge is 0.129 e. The maximum atomic E-state index is 10.7. The Morgan fingerprint density at radius 2 is 0.567 bits per heavy atom. The highest BCUT2D eigenvalue weighted by molar-refractivity contribution is 5.75. The first kappa shape index (κ1) is 31.5. The van der Waals surface area contributed by atoms with Crippen LogP contribution in [0.1, 0.15) is 169 Å². The van der Waals surface area contributed by atoms with Gasteiger partial charge in [0.05, 0.1) is 0 Å². The predicted octanol–water partition coefficient (Wildman–Crippen LogP) is 9.77. The van der Waals surface area contributed by atoms with Crippen LogP contribution in [0.25, 0.3) is 0 Å². The third-order valence-electron chi connectivity index (χ3n) is 5.76. The second-order valence-electron chi connectivity index (χ2n) is 9.27. The average molecular weight is 425 g/mol. The summed E-state index contributed by atoms with van der Waals surface area (Å²) in [6.45, 7) is 7.89. The van der Waals surface area contributed by atoms with Gasteiger partial charge in [-0.2, -0.15) is 0 Å². The summed E-state index contributed by atoms with van der Waals surface area (Å²) in [5.74, 6) is 0.684. The lowest BCUT2D eigenvalue weighted by Gasteiger charge is -2.01. The number of unbranched alkanes of at least 4 members (excludes halogenated alkanes) is 18. The van der Waals surface area contributed by atoms with Crippen LogP contribution < -0.4 is 0 Å². The molecule has 0 aliphatic rings. The van der Waals surface area contributed by atoms with Crippen LogP contribution in [0.15, 0.2) is 0 Å². The third-order valence-corrected chi connectivity index (χ3v) is 5.76. The Labute approximate surface area is 190 Å². The number of hydrogen-bond acceptors (Lipinski definition) is 2. The molecule has 0 heterocycles. The first-order chi connectivity index (χ1) is 14.5. The van der Waals surface area contributed by atoms with Gasteiger partial charge in [0.15, 0.2) is 0 Å². The summed E-state index contributed by atoms with van der Waals surface area (Å²) in [6.07, 6.45) is 28.4. The van der Waals surface area contributed by atoms with Crippen LogP contribution in [-0.4, -0.2) is 11.6 Å². The number of hydrogen-bond donors (Lipinski definition) is 0. The molecule has 180 valence electrons. The van der Waals surface area contributed by atoms with Gasteiger partial charge in [-0.25, -0.2) is 0 Å². The zero-order chi connectivity index (χ0) is 22.7. The Morgan fingerprint density at radius 1 is 0.367 bits per heavy atom. The van der Waals surface area contributed by atoms with Gasteiger partial charge in [-0.1, -0.05) is 129 Å². The second kappa shape index (κ2) is 28.3. The molecular weight excluding hydrogens is 368 g/mol. The van der Waals surface area contributed by atoms with Gasteiger partial charge < -0.3 is 9.59 Å². The van der Waals surface area contributed by atoms with E-state index in [-0.39, 0.29) is 0 Å². The van der Waals surface area contributed by atoms with Gasteiger partial charge in [-0.05, 0) is 26.7 Å². The molecule has 0 atom stereocenters. The minimum Gasteiger partial charge on any atom is -0.300 e. The van der Waals surface area contributed by atoms with Gasteiger partial charge >= 0.3 is 0 Å². The van der Waals surface area contributed by atoms with Gasteiger partial charge in [0.1, 0.15) is 11.6 Å². The summed E-state index contributed by atoms with van der Waals surface area (Å²) in [4.78, 5) is 21.4. The molecule has 0 saturated heterocycles. The minimum atomic E-state index is 0.342. The highest BCUT2D eigenvalue weighted by atomic mass is 16.1. The Bertz CT molecular complexity index is 315. The Morgan fingerprint density at radius 3 is 0.767 bits per heavy atom. The number of Topliss-reactive ketones (excluding diaryl/α,β-unsaturated/α-hetero) is 2. The SMILES string of the molecule is CCCCCCCCCCCCC(C)=O.CCCCCCCCCCCCC(C)=O. The molecule has 0 spiro atoms. The number of carbonyl (C=O) groups excluding carboxylic acids is 2. The standard InChI is InChI=1S/2C14H28O/c2*1-3-4-5-6-7-8-9-10-11-12-13-14(2)15/h2*3-13H2,1-2H3. The fourth-order valence-corrected chi connectivity index (χ4v) is 3.72. The highest BCUT2D eigenvalue weighted by Crippen LogP contribution is 2.12. The van der Waals surface area contributed by atoms with Crippen molar-refractivity contribution >= 4 is 11.6 Å². The fourth-order valence-electron chi connectivity index (χ4n) is 3.72. The van der Waals surface area contributed by atoms with Gasteiger partial charge in [0.2, 0.25) is 0 Å².